The molecule has 1 aromatic carbocycles. The second-order valence-corrected chi connectivity index (χ2v) is 3.49. The SMILES string of the molecule is COC(=O)/C(=C\I)C(O)c1ccccc1. The van der Waals surface area contributed by atoms with Crippen LogP contribution in [0.25, 0.3) is 0 Å². The average Bonchev–Trinajstić information content (AvgIpc) is 2.30. The van der Waals surface area contributed by atoms with Crippen LogP contribution in [0.15, 0.2) is 40.0 Å². The highest BCUT2D eigenvalue weighted by Crippen LogP contribution is 2.23. The van der Waals surface area contributed by atoms with Gasteiger partial charge >= 0.3 is 5.97 Å². The first-order valence-corrected chi connectivity index (χ1v) is 5.57. The molecule has 0 bridgehead atoms. The number of rotatable bonds is 3. The van der Waals surface area contributed by atoms with E-state index >= 15 is 0 Å². The van der Waals surface area contributed by atoms with Crippen molar-refractivity contribution in [2.75, 3.05) is 7.11 Å². The van der Waals surface area contributed by atoms with Crippen LogP contribution in [0.5, 0.6) is 0 Å². The highest BCUT2D eigenvalue weighted by atomic mass is 127. The van der Waals surface area contributed by atoms with Crippen LogP contribution < -0.4 is 0 Å². The molecule has 0 aliphatic heterocycles. The zero-order chi connectivity index (χ0) is 11.3. The summed E-state index contributed by atoms with van der Waals surface area (Å²) >= 11 is 1.91. The number of carbonyl (C=O) groups excluding carboxylic acids is 1. The van der Waals surface area contributed by atoms with Crippen molar-refractivity contribution in [2.45, 2.75) is 6.10 Å². The van der Waals surface area contributed by atoms with Gasteiger partial charge in [0.05, 0.1) is 12.7 Å². The Labute approximate surface area is 102 Å². The second-order valence-electron chi connectivity index (χ2n) is 2.87. The molecule has 3 nitrogen and oxygen atoms in total. The summed E-state index contributed by atoms with van der Waals surface area (Å²) in [6.45, 7) is 0. The predicted molar refractivity (Wildman–Crippen MR) is 65.5 cm³/mol. The number of benzene rings is 1. The minimum absolute atomic E-state index is 0.240. The number of esters is 1. The van der Waals surface area contributed by atoms with E-state index in [0.717, 1.165) is 0 Å². The van der Waals surface area contributed by atoms with Crippen LogP contribution in [0.1, 0.15) is 11.7 Å². The smallest absolute Gasteiger partial charge is 0.337 e. The van der Waals surface area contributed by atoms with Crippen LogP contribution in [-0.2, 0) is 9.53 Å². The van der Waals surface area contributed by atoms with E-state index in [1.54, 1.807) is 24.3 Å². The molecule has 1 rings (SSSR count). The van der Waals surface area contributed by atoms with Gasteiger partial charge in [0, 0.05) is 0 Å². The van der Waals surface area contributed by atoms with E-state index in [0.29, 0.717) is 5.56 Å². The van der Waals surface area contributed by atoms with Gasteiger partial charge in [-0.15, -0.1) is 0 Å². The summed E-state index contributed by atoms with van der Waals surface area (Å²) in [5.41, 5.74) is 0.912. The standard InChI is InChI=1S/C11H11IO3/c1-15-11(14)9(7-12)10(13)8-5-3-2-4-6-8/h2-7,10,13H,1H3/b9-7-. The number of aliphatic hydroxyl groups is 1. The van der Waals surface area contributed by atoms with Gasteiger partial charge in [-0.25, -0.2) is 4.79 Å². The first-order chi connectivity index (χ1) is 7.20. The normalized spacial score (nSPS) is 13.4. The number of hydrogen-bond donors (Lipinski definition) is 1. The first kappa shape index (κ1) is 12.2. The lowest BCUT2D eigenvalue weighted by Gasteiger charge is -2.12. The van der Waals surface area contributed by atoms with E-state index < -0.39 is 12.1 Å². The lowest BCUT2D eigenvalue weighted by Crippen LogP contribution is -2.12. The van der Waals surface area contributed by atoms with Gasteiger partial charge < -0.3 is 9.84 Å². The fourth-order valence-electron chi connectivity index (χ4n) is 1.15. The maximum absolute atomic E-state index is 11.3. The van der Waals surface area contributed by atoms with E-state index in [1.807, 2.05) is 28.7 Å². The summed E-state index contributed by atoms with van der Waals surface area (Å²) in [6, 6.07) is 8.98. The summed E-state index contributed by atoms with van der Waals surface area (Å²) in [5.74, 6) is -0.513. The molecule has 0 aliphatic rings. The summed E-state index contributed by atoms with van der Waals surface area (Å²) in [6.07, 6.45) is -0.935. The highest BCUT2D eigenvalue weighted by molar-refractivity contribution is 14.1. The fourth-order valence-corrected chi connectivity index (χ4v) is 1.74. The third kappa shape index (κ3) is 3.04. The third-order valence-electron chi connectivity index (χ3n) is 1.95. The number of ether oxygens (including phenoxy) is 1. The number of carbonyl (C=O) groups is 1. The Morgan fingerprint density at radius 1 is 1.47 bits per heavy atom. The lowest BCUT2D eigenvalue weighted by atomic mass is 10.0. The van der Waals surface area contributed by atoms with Gasteiger partial charge in [0.25, 0.3) is 0 Å². The summed E-state index contributed by atoms with van der Waals surface area (Å²) in [5, 5.41) is 9.91. The quantitative estimate of drug-likeness (QED) is 0.528. The predicted octanol–water partition coefficient (Wildman–Crippen LogP) is 2.21. The minimum atomic E-state index is -0.935. The molecule has 0 radical (unpaired) electrons. The van der Waals surface area contributed by atoms with Gasteiger partial charge in [-0.3, -0.25) is 0 Å². The van der Waals surface area contributed by atoms with E-state index in [2.05, 4.69) is 4.74 Å². The minimum Gasteiger partial charge on any atom is -0.466 e. The van der Waals surface area contributed by atoms with Crippen molar-refractivity contribution in [3.8, 4) is 0 Å². The van der Waals surface area contributed by atoms with Gasteiger partial charge in [-0.1, -0.05) is 52.9 Å². The molecule has 4 heteroatoms. The average molecular weight is 318 g/mol. The van der Waals surface area contributed by atoms with Crippen molar-refractivity contribution in [2.24, 2.45) is 0 Å². The van der Waals surface area contributed by atoms with Crippen molar-refractivity contribution in [1.29, 1.82) is 0 Å². The summed E-state index contributed by atoms with van der Waals surface area (Å²) < 4.78 is 6.10. The largest absolute Gasteiger partial charge is 0.466 e. The van der Waals surface area contributed by atoms with Crippen molar-refractivity contribution in [1.82, 2.24) is 0 Å². The second kappa shape index (κ2) is 5.87. The van der Waals surface area contributed by atoms with Gasteiger partial charge in [-0.05, 0) is 9.65 Å². The fraction of sp³-hybridized carbons (Fsp3) is 0.182. The first-order valence-electron chi connectivity index (χ1n) is 4.32. The van der Waals surface area contributed by atoms with E-state index in [1.165, 1.54) is 11.2 Å². The van der Waals surface area contributed by atoms with Crippen LogP contribution in [0.4, 0.5) is 0 Å². The zero-order valence-corrected chi connectivity index (χ0v) is 10.3. The molecule has 1 aromatic rings. The van der Waals surface area contributed by atoms with Crippen molar-refractivity contribution in [3.05, 3.63) is 45.6 Å². The van der Waals surface area contributed by atoms with E-state index in [9.17, 15) is 9.90 Å². The molecule has 1 N–H and O–H groups in total. The van der Waals surface area contributed by atoms with Crippen molar-refractivity contribution in [3.63, 3.8) is 0 Å². The molecule has 80 valence electrons. The topological polar surface area (TPSA) is 46.5 Å². The molecule has 0 fully saturated rings. The number of methoxy groups -OCH3 is 1. The monoisotopic (exact) mass is 318 g/mol. The number of halogens is 1. The van der Waals surface area contributed by atoms with Crippen LogP contribution in [0.2, 0.25) is 0 Å². The van der Waals surface area contributed by atoms with Crippen LogP contribution in [0.3, 0.4) is 0 Å². The third-order valence-corrected chi connectivity index (χ3v) is 2.62. The van der Waals surface area contributed by atoms with E-state index in [4.69, 9.17) is 0 Å². The van der Waals surface area contributed by atoms with E-state index in [-0.39, 0.29) is 5.57 Å². The Balaban J connectivity index is 2.93. The van der Waals surface area contributed by atoms with Gasteiger partial charge in [0.2, 0.25) is 0 Å². The molecule has 15 heavy (non-hydrogen) atoms. The Hall–Kier alpha value is -0.880. The Bertz CT molecular complexity index is 359. The molecule has 0 spiro atoms. The molecule has 1 unspecified atom stereocenters. The van der Waals surface area contributed by atoms with Gasteiger partial charge in [-0.2, -0.15) is 0 Å². The Morgan fingerprint density at radius 2 is 2.07 bits per heavy atom. The molecule has 0 saturated heterocycles. The highest BCUT2D eigenvalue weighted by Gasteiger charge is 2.20. The van der Waals surface area contributed by atoms with Crippen LogP contribution >= 0.6 is 22.6 Å². The Morgan fingerprint density at radius 3 is 2.53 bits per heavy atom. The molecule has 0 aliphatic carbocycles. The van der Waals surface area contributed by atoms with Crippen molar-refractivity contribution < 1.29 is 14.6 Å². The van der Waals surface area contributed by atoms with Crippen molar-refractivity contribution >= 4 is 28.6 Å². The van der Waals surface area contributed by atoms with Crippen LogP contribution in [0, 0.1) is 0 Å². The molecular weight excluding hydrogens is 307 g/mol. The molecule has 1 atom stereocenters. The van der Waals surface area contributed by atoms with Gasteiger partial charge in [0.15, 0.2) is 0 Å². The molecule has 0 amide bonds. The van der Waals surface area contributed by atoms with Gasteiger partial charge in [0.1, 0.15) is 6.10 Å². The summed E-state index contributed by atoms with van der Waals surface area (Å²) in [4.78, 5) is 11.3. The van der Waals surface area contributed by atoms with Crippen LogP contribution in [-0.4, -0.2) is 18.2 Å². The molecular formula is C11H11IO3. The zero-order valence-electron chi connectivity index (χ0n) is 8.18. The maximum atomic E-state index is 11.3. The lowest BCUT2D eigenvalue weighted by molar-refractivity contribution is -0.137. The Kier molecular flexibility index (Phi) is 4.77. The molecule has 0 aromatic heterocycles. The number of aliphatic hydroxyl groups excluding tert-OH is 1. The molecule has 0 saturated carbocycles. The maximum Gasteiger partial charge on any atom is 0.337 e. The number of hydrogen-bond acceptors (Lipinski definition) is 3. The summed E-state index contributed by atoms with van der Waals surface area (Å²) in [7, 11) is 1.29. The molecule has 0 heterocycles.